The van der Waals surface area contributed by atoms with Crippen LogP contribution in [0.5, 0.6) is 0 Å². The molecule has 0 amide bonds. The molecule has 0 saturated carbocycles. The minimum absolute atomic E-state index is 0.221. The molecule has 0 aromatic carbocycles. The molecule has 64 valence electrons. The van der Waals surface area contributed by atoms with E-state index in [2.05, 4.69) is 0 Å². The minimum atomic E-state index is -1.72. The summed E-state index contributed by atoms with van der Waals surface area (Å²) in [7, 11) is 0. The lowest BCUT2D eigenvalue weighted by Gasteiger charge is -2.16. The Morgan fingerprint density at radius 3 is 2.45 bits per heavy atom. The second-order valence-corrected chi connectivity index (χ2v) is 2.36. The largest absolute Gasteiger partial charge is 0.481 e. The summed E-state index contributed by atoms with van der Waals surface area (Å²) in [6, 6.07) is 0. The van der Waals surface area contributed by atoms with Crippen LogP contribution in [0.25, 0.3) is 0 Å². The molecule has 0 unspecified atom stereocenters. The van der Waals surface area contributed by atoms with Gasteiger partial charge in [0.1, 0.15) is 5.54 Å². The summed E-state index contributed by atoms with van der Waals surface area (Å²) in [6.07, 6.45) is -0.553. The van der Waals surface area contributed by atoms with Gasteiger partial charge < -0.3 is 15.9 Å². The van der Waals surface area contributed by atoms with Gasteiger partial charge in [0.25, 0.3) is 0 Å². The molecule has 1 atom stereocenters. The van der Waals surface area contributed by atoms with Crippen LogP contribution < -0.4 is 5.73 Å². The molecule has 0 heterocycles. The van der Waals surface area contributed by atoms with Gasteiger partial charge in [0.2, 0.25) is 0 Å². The zero-order valence-electron chi connectivity index (χ0n) is 6.91. The van der Waals surface area contributed by atoms with E-state index in [1.54, 1.807) is 0 Å². The number of carboxylic acids is 2. The van der Waals surface area contributed by atoms with Gasteiger partial charge in [-0.05, 0) is 13.3 Å². The first-order valence-corrected chi connectivity index (χ1v) is 2.95. The fourth-order valence-corrected chi connectivity index (χ4v) is 0.437. The summed E-state index contributed by atoms with van der Waals surface area (Å²) >= 11 is 0. The van der Waals surface area contributed by atoms with Crippen molar-refractivity contribution in [2.75, 3.05) is 0 Å². The van der Waals surface area contributed by atoms with E-state index in [9.17, 15) is 9.59 Å². The van der Waals surface area contributed by atoms with E-state index in [0.29, 0.717) is 0 Å². The van der Waals surface area contributed by atoms with Gasteiger partial charge in [-0.3, -0.25) is 9.59 Å². The smallest absolute Gasteiger partial charge is 0.323 e. The van der Waals surface area contributed by atoms with E-state index < -0.39 is 24.4 Å². The van der Waals surface area contributed by atoms with Crippen LogP contribution in [0, 0.1) is 0 Å². The highest BCUT2D eigenvalue weighted by Gasteiger charge is 2.27. The van der Waals surface area contributed by atoms with Crippen LogP contribution >= 0.6 is 0 Å². The first-order valence-electron chi connectivity index (χ1n) is 3.66. The van der Waals surface area contributed by atoms with Crippen LogP contribution in [0.4, 0.5) is 0 Å². The molecule has 0 aliphatic carbocycles. The van der Waals surface area contributed by atoms with Gasteiger partial charge in [-0.25, -0.2) is 0 Å². The van der Waals surface area contributed by atoms with Crippen molar-refractivity contribution in [3.05, 3.63) is 0 Å². The van der Waals surface area contributed by atoms with Gasteiger partial charge in [0.15, 0.2) is 0 Å². The fourth-order valence-electron chi connectivity index (χ4n) is 0.437. The Morgan fingerprint density at radius 2 is 2.18 bits per heavy atom. The van der Waals surface area contributed by atoms with Crippen LogP contribution in [0.2, 0.25) is 0 Å². The topological polar surface area (TPSA) is 101 Å². The Hall–Kier alpha value is -1.10. The van der Waals surface area contributed by atoms with Gasteiger partial charge in [-0.1, -0.05) is 0 Å². The molecule has 5 heteroatoms. The average Bonchev–Trinajstić information content (AvgIpc) is 1.99. The van der Waals surface area contributed by atoms with Crippen molar-refractivity contribution in [3.63, 3.8) is 0 Å². The zero-order valence-corrected chi connectivity index (χ0v) is 5.91. The quantitative estimate of drug-likeness (QED) is 0.524. The highest BCUT2D eigenvalue weighted by Crippen LogP contribution is 2.08. The van der Waals surface area contributed by atoms with E-state index in [-0.39, 0.29) is 12.8 Å². The van der Waals surface area contributed by atoms with Gasteiger partial charge in [-0.2, -0.15) is 0 Å². The first kappa shape index (κ1) is 8.00. The highest BCUT2D eigenvalue weighted by atomic mass is 16.4. The second kappa shape index (κ2) is 3.34. The van der Waals surface area contributed by atoms with E-state index in [1.165, 1.54) is 0 Å². The van der Waals surface area contributed by atoms with Crippen LogP contribution in [0.1, 0.15) is 21.1 Å². The van der Waals surface area contributed by atoms with E-state index in [0.717, 1.165) is 0 Å². The van der Waals surface area contributed by atoms with Gasteiger partial charge in [0.05, 0.1) is 0 Å². The molecule has 11 heavy (non-hydrogen) atoms. The monoisotopic (exact) mass is 162 g/mol. The molecule has 0 bridgehead atoms. The number of nitrogens with two attached hydrogens (primary N) is 1. The molecule has 0 radical (unpaired) electrons. The number of rotatable bonds is 4. The molecule has 0 rings (SSSR count). The molecule has 5 nitrogen and oxygen atoms in total. The molecule has 0 saturated heterocycles. The Labute approximate surface area is 65.2 Å². The normalized spacial score (nSPS) is 16.6. The summed E-state index contributed by atoms with van der Waals surface area (Å²) in [5.74, 6) is -2.45. The van der Waals surface area contributed by atoms with Crippen LogP contribution in [0.15, 0.2) is 0 Å². The Kier molecular flexibility index (Phi) is 2.43. The lowest BCUT2D eigenvalue weighted by molar-refractivity contribution is -0.143. The molecule has 0 aliphatic heterocycles. The predicted octanol–water partition coefficient (Wildman–Crippen LogP) is -0.347. The van der Waals surface area contributed by atoms with Gasteiger partial charge in [0, 0.05) is 7.79 Å². The van der Waals surface area contributed by atoms with Crippen molar-refractivity contribution < 1.29 is 21.2 Å². The number of carbonyl (C=O) groups is 2. The van der Waals surface area contributed by atoms with Crippen molar-refractivity contribution in [2.45, 2.75) is 25.3 Å². The number of hydrogen-bond acceptors (Lipinski definition) is 3. The van der Waals surface area contributed by atoms with Gasteiger partial charge in [-0.15, -0.1) is 0 Å². The third-order valence-electron chi connectivity index (χ3n) is 1.21. The summed E-state index contributed by atoms with van der Waals surface area (Å²) in [5.41, 5.74) is 3.51. The highest BCUT2D eigenvalue weighted by molar-refractivity contribution is 5.78. The summed E-state index contributed by atoms with van der Waals surface area (Å²) < 4.78 is 6.83. The maximum atomic E-state index is 10.4. The lowest BCUT2D eigenvalue weighted by atomic mass is 9.98. The van der Waals surface area contributed by atoms with Crippen LogP contribution in [-0.4, -0.2) is 27.7 Å². The maximum absolute atomic E-state index is 10.4. The summed E-state index contributed by atoms with van der Waals surface area (Å²) in [4.78, 5) is 20.5. The number of aliphatic carboxylic acids is 2. The molecule has 0 fully saturated rings. The standard InChI is InChI=1S/C6H11NO4/c1-6(7,5(10)11)3-2-4(8)9/h2-3,7H2,1H3,(H,8,9)(H,10,11)/t6-/m0/s1/i1D. The van der Waals surface area contributed by atoms with Crippen molar-refractivity contribution in [1.82, 2.24) is 0 Å². The van der Waals surface area contributed by atoms with Crippen molar-refractivity contribution in [1.29, 1.82) is 0 Å². The zero-order chi connectivity index (χ0) is 9.78. The van der Waals surface area contributed by atoms with Gasteiger partial charge >= 0.3 is 11.9 Å². The fraction of sp³-hybridized carbons (Fsp3) is 0.667. The first-order chi connectivity index (χ1) is 5.42. The Bertz CT molecular complexity index is 196. The SMILES string of the molecule is [2H]C[C@](N)(CCC(=O)O)C(=O)O. The third kappa shape index (κ3) is 3.57. The number of carboxylic acid groups (broad SMARTS) is 2. The Balaban J connectivity index is 4.15. The molecule has 4 N–H and O–H groups in total. The molecular weight excluding hydrogens is 150 g/mol. The van der Waals surface area contributed by atoms with Crippen LogP contribution in [-0.2, 0) is 9.59 Å². The molecule has 0 spiro atoms. The molecule has 0 aromatic rings. The van der Waals surface area contributed by atoms with Crippen molar-refractivity contribution in [3.8, 4) is 0 Å². The third-order valence-corrected chi connectivity index (χ3v) is 1.21. The van der Waals surface area contributed by atoms with Crippen LogP contribution in [0.3, 0.4) is 0 Å². The Morgan fingerprint density at radius 1 is 1.64 bits per heavy atom. The van der Waals surface area contributed by atoms with Crippen molar-refractivity contribution in [2.24, 2.45) is 5.73 Å². The van der Waals surface area contributed by atoms with E-state index in [1.807, 2.05) is 0 Å². The average molecular weight is 162 g/mol. The number of hydrogen-bond donors (Lipinski definition) is 3. The van der Waals surface area contributed by atoms with E-state index in [4.69, 9.17) is 17.3 Å². The van der Waals surface area contributed by atoms with Crippen molar-refractivity contribution >= 4 is 11.9 Å². The molecule has 0 aromatic heterocycles. The summed E-state index contributed by atoms with van der Waals surface area (Å²) in [5, 5.41) is 16.8. The predicted molar refractivity (Wildman–Crippen MR) is 37.1 cm³/mol. The maximum Gasteiger partial charge on any atom is 0.323 e. The van der Waals surface area contributed by atoms with E-state index >= 15 is 0 Å². The second-order valence-electron chi connectivity index (χ2n) is 2.36. The molecule has 0 aliphatic rings. The lowest BCUT2D eigenvalue weighted by Crippen LogP contribution is -2.45. The minimum Gasteiger partial charge on any atom is -0.481 e. The summed E-state index contributed by atoms with van der Waals surface area (Å²) in [6.45, 7) is -0.518. The molecular formula is C6H11NO4.